The van der Waals surface area contributed by atoms with Crippen LogP contribution in [0.1, 0.15) is 20.3 Å². The molecule has 0 spiro atoms. The minimum atomic E-state index is -3.67. The first-order chi connectivity index (χ1) is 6.74. The number of hydrogen-bond acceptors (Lipinski definition) is 2. The van der Waals surface area contributed by atoms with E-state index >= 15 is 0 Å². The second-order valence-corrected chi connectivity index (χ2v) is 5.00. The number of alkyl halides is 5. The summed E-state index contributed by atoms with van der Waals surface area (Å²) in [5, 5.41) is 0. The Bertz CT molecular complexity index is 179. The van der Waals surface area contributed by atoms with Crippen LogP contribution in [0.3, 0.4) is 0 Å². The molecule has 0 bridgehead atoms. The average Bonchev–Trinajstić information content (AvgIpc) is 2.02. The van der Waals surface area contributed by atoms with Crippen molar-refractivity contribution < 1.29 is 22.6 Å². The van der Waals surface area contributed by atoms with Gasteiger partial charge in [0.25, 0.3) is 0 Å². The predicted octanol–water partition coefficient (Wildman–Crippen LogP) is 3.82. The van der Waals surface area contributed by atoms with Crippen LogP contribution in [0.2, 0.25) is 0 Å². The molecule has 0 saturated carbocycles. The minimum Gasteiger partial charge on any atom is -0.353 e. The zero-order valence-electron chi connectivity index (χ0n) is 8.40. The van der Waals surface area contributed by atoms with Crippen LogP contribution in [0, 0.1) is 0 Å². The van der Waals surface area contributed by atoms with Gasteiger partial charge in [0, 0.05) is 19.6 Å². The Morgan fingerprint density at radius 1 is 1.07 bits per heavy atom. The zero-order valence-corrected chi connectivity index (χ0v) is 11.6. The van der Waals surface area contributed by atoms with E-state index in [1.54, 1.807) is 13.8 Å². The van der Waals surface area contributed by atoms with Crippen LogP contribution in [0.5, 0.6) is 0 Å². The maximum Gasteiger partial charge on any atom is 0.344 e. The molecule has 0 N–H and O–H groups in total. The van der Waals surface area contributed by atoms with Crippen molar-refractivity contribution in [3.05, 3.63) is 0 Å². The quantitative estimate of drug-likeness (QED) is 0.509. The number of ether oxygens (including phenoxy) is 2. The first kappa shape index (κ1) is 15.7. The summed E-state index contributed by atoms with van der Waals surface area (Å²) in [6, 6.07) is 0. The number of rotatable bonds is 7. The van der Waals surface area contributed by atoms with Gasteiger partial charge in [0.15, 0.2) is 6.29 Å². The normalized spacial score (nSPS) is 16.8. The van der Waals surface area contributed by atoms with Crippen LogP contribution < -0.4 is 0 Å². The van der Waals surface area contributed by atoms with Gasteiger partial charge in [-0.15, -0.1) is 0 Å². The fourth-order valence-corrected chi connectivity index (χ4v) is 1.29. The van der Waals surface area contributed by atoms with Gasteiger partial charge in [0.1, 0.15) is 0 Å². The van der Waals surface area contributed by atoms with Gasteiger partial charge in [-0.3, -0.25) is 0 Å². The molecule has 0 radical (unpaired) electrons. The van der Waals surface area contributed by atoms with Gasteiger partial charge in [0.2, 0.25) is 4.58 Å². The molecular formula is C8H13Br2F3O2. The molecule has 0 aliphatic carbocycles. The third kappa shape index (κ3) is 5.51. The third-order valence-corrected chi connectivity index (χ3v) is 3.53. The van der Waals surface area contributed by atoms with Gasteiger partial charge < -0.3 is 9.47 Å². The molecule has 1 unspecified atom stereocenters. The van der Waals surface area contributed by atoms with Gasteiger partial charge in [-0.2, -0.15) is 8.78 Å². The molecule has 0 heterocycles. The SMILES string of the molecule is CCOC(CC(F)(Br)C(F)(F)Br)OCC. The highest BCUT2D eigenvalue weighted by atomic mass is 79.9. The van der Waals surface area contributed by atoms with E-state index in [-0.39, 0.29) is 13.2 Å². The molecule has 0 fully saturated rings. The van der Waals surface area contributed by atoms with E-state index in [1.807, 2.05) is 15.9 Å². The van der Waals surface area contributed by atoms with Crippen molar-refractivity contribution in [3.63, 3.8) is 0 Å². The summed E-state index contributed by atoms with van der Waals surface area (Å²) < 4.78 is 45.9. The minimum absolute atomic E-state index is 0.265. The van der Waals surface area contributed by atoms with Crippen LogP contribution in [0.15, 0.2) is 0 Å². The van der Waals surface area contributed by atoms with Gasteiger partial charge in [-0.05, 0) is 45.7 Å². The summed E-state index contributed by atoms with van der Waals surface area (Å²) in [7, 11) is 0. The molecule has 2 nitrogen and oxygen atoms in total. The Hall–Kier alpha value is 0.670. The Balaban J connectivity index is 4.37. The van der Waals surface area contributed by atoms with Crippen LogP contribution in [-0.2, 0) is 9.47 Å². The summed E-state index contributed by atoms with van der Waals surface area (Å²) in [5.74, 6) is 0. The molecule has 0 rings (SSSR count). The van der Waals surface area contributed by atoms with E-state index in [2.05, 4.69) is 15.9 Å². The Morgan fingerprint density at radius 2 is 1.47 bits per heavy atom. The zero-order chi connectivity index (χ0) is 12.1. The van der Waals surface area contributed by atoms with Crippen LogP contribution in [0.4, 0.5) is 13.2 Å². The van der Waals surface area contributed by atoms with E-state index in [1.165, 1.54) is 0 Å². The third-order valence-electron chi connectivity index (χ3n) is 1.54. The van der Waals surface area contributed by atoms with E-state index in [4.69, 9.17) is 9.47 Å². The van der Waals surface area contributed by atoms with Crippen molar-refractivity contribution in [3.8, 4) is 0 Å². The van der Waals surface area contributed by atoms with Crippen LogP contribution >= 0.6 is 31.9 Å². The monoisotopic (exact) mass is 356 g/mol. The molecule has 0 aliphatic rings. The first-order valence-corrected chi connectivity index (χ1v) is 6.01. The lowest BCUT2D eigenvalue weighted by molar-refractivity contribution is -0.162. The molecule has 0 aromatic carbocycles. The van der Waals surface area contributed by atoms with E-state index < -0.39 is 22.1 Å². The van der Waals surface area contributed by atoms with Crippen molar-refractivity contribution in [2.24, 2.45) is 0 Å². The molecule has 15 heavy (non-hydrogen) atoms. The maximum absolute atomic E-state index is 13.5. The highest BCUT2D eigenvalue weighted by Crippen LogP contribution is 2.46. The van der Waals surface area contributed by atoms with Gasteiger partial charge in [-0.25, -0.2) is 4.39 Å². The molecule has 0 aromatic heterocycles. The first-order valence-electron chi connectivity index (χ1n) is 4.42. The van der Waals surface area contributed by atoms with Crippen molar-refractivity contribution in [1.29, 1.82) is 0 Å². The van der Waals surface area contributed by atoms with Crippen molar-refractivity contribution in [1.82, 2.24) is 0 Å². The highest BCUT2D eigenvalue weighted by Gasteiger charge is 2.52. The molecule has 0 aliphatic heterocycles. The number of hydrogen-bond donors (Lipinski definition) is 0. The Labute approximate surface area is 104 Å². The van der Waals surface area contributed by atoms with Crippen molar-refractivity contribution in [2.75, 3.05) is 13.2 Å². The molecule has 0 amide bonds. The predicted molar refractivity (Wildman–Crippen MR) is 58.3 cm³/mol. The van der Waals surface area contributed by atoms with Gasteiger partial charge in [-0.1, -0.05) is 0 Å². The largest absolute Gasteiger partial charge is 0.353 e. The van der Waals surface area contributed by atoms with E-state index in [0.29, 0.717) is 0 Å². The fraction of sp³-hybridized carbons (Fsp3) is 1.00. The van der Waals surface area contributed by atoms with E-state index in [0.717, 1.165) is 0 Å². The summed E-state index contributed by atoms with van der Waals surface area (Å²) in [4.78, 5) is -3.67. The lowest BCUT2D eigenvalue weighted by Gasteiger charge is -2.27. The maximum atomic E-state index is 13.5. The van der Waals surface area contributed by atoms with Crippen molar-refractivity contribution >= 4 is 31.9 Å². The number of halogens is 5. The molecular weight excluding hydrogens is 345 g/mol. The summed E-state index contributed by atoms with van der Waals surface area (Å²) >= 11 is 4.28. The lowest BCUT2D eigenvalue weighted by atomic mass is 10.2. The van der Waals surface area contributed by atoms with Crippen molar-refractivity contribution in [2.45, 2.75) is 36.0 Å². The van der Waals surface area contributed by atoms with E-state index in [9.17, 15) is 13.2 Å². The topological polar surface area (TPSA) is 18.5 Å². The molecule has 0 aromatic rings. The molecule has 0 saturated heterocycles. The highest BCUT2D eigenvalue weighted by molar-refractivity contribution is 9.12. The Morgan fingerprint density at radius 3 is 1.73 bits per heavy atom. The van der Waals surface area contributed by atoms with Gasteiger partial charge in [0.05, 0.1) is 0 Å². The van der Waals surface area contributed by atoms with Crippen LogP contribution in [0.25, 0.3) is 0 Å². The average molecular weight is 358 g/mol. The second-order valence-electron chi connectivity index (χ2n) is 2.75. The fourth-order valence-electron chi connectivity index (χ4n) is 0.863. The molecule has 7 heteroatoms. The molecule has 92 valence electrons. The summed E-state index contributed by atoms with van der Waals surface area (Å²) in [5.41, 5.74) is 0. The lowest BCUT2D eigenvalue weighted by Crippen LogP contribution is -2.38. The van der Waals surface area contributed by atoms with Crippen LogP contribution in [-0.4, -0.2) is 28.9 Å². The standard InChI is InChI=1S/C8H13Br2F3O2/c1-3-14-6(15-4-2)5-7(9,11)8(10,12)13/h6H,3-5H2,1-2H3. The smallest absolute Gasteiger partial charge is 0.344 e. The van der Waals surface area contributed by atoms with Gasteiger partial charge >= 0.3 is 4.83 Å². The molecule has 1 atom stereocenters. The Kier molecular flexibility index (Phi) is 6.70. The summed E-state index contributed by atoms with van der Waals surface area (Å²) in [6.45, 7) is 3.88. The second kappa shape index (κ2) is 6.42. The summed E-state index contributed by atoms with van der Waals surface area (Å²) in [6.07, 6.45) is -1.60.